The molecular weight excluding hydrogens is 639 g/mol. The molecule has 0 bridgehead atoms. The summed E-state index contributed by atoms with van der Waals surface area (Å²) in [5.74, 6) is -0.543. The third kappa shape index (κ3) is 6.32. The zero-order chi connectivity index (χ0) is 34.9. The van der Waals surface area contributed by atoms with Crippen molar-refractivity contribution in [3.8, 4) is 5.75 Å². The number of aliphatic hydroxyl groups is 1. The number of hydrogen-bond acceptors (Lipinski definition) is 8. The van der Waals surface area contributed by atoms with Gasteiger partial charge in [0.1, 0.15) is 5.75 Å². The fraction of sp³-hybridized carbons (Fsp3) is 0.351. The van der Waals surface area contributed by atoms with Crippen molar-refractivity contribution in [1.82, 2.24) is 15.0 Å². The largest absolute Gasteiger partial charge is 0.497 e. The van der Waals surface area contributed by atoms with E-state index in [-0.39, 0.29) is 42.3 Å². The molecule has 11 nitrogen and oxygen atoms in total. The minimum Gasteiger partial charge on any atom is -0.497 e. The number of fused-ring (bicyclic) bond motifs is 2. The van der Waals surface area contributed by atoms with Gasteiger partial charge in [-0.05, 0) is 67.5 Å². The van der Waals surface area contributed by atoms with E-state index in [1.165, 1.54) is 0 Å². The summed E-state index contributed by atoms with van der Waals surface area (Å²) in [5, 5.41) is 21.8. The smallest absolute Gasteiger partial charge is 0.264 e. The van der Waals surface area contributed by atoms with E-state index in [0.717, 1.165) is 5.56 Å². The Hall–Kier alpha value is -4.62. The lowest BCUT2D eigenvalue weighted by Gasteiger charge is -2.32. The summed E-state index contributed by atoms with van der Waals surface area (Å²) in [6.07, 6.45) is 3.52. The number of carbonyl (C=O) groups excluding carboxylic acids is 2. The third-order valence-corrected chi connectivity index (χ3v) is 12.3. The van der Waals surface area contributed by atoms with E-state index in [4.69, 9.17) is 9.47 Å². The van der Waals surface area contributed by atoms with Crippen molar-refractivity contribution in [1.29, 1.82) is 0 Å². The summed E-state index contributed by atoms with van der Waals surface area (Å²) in [4.78, 5) is 41.0. The van der Waals surface area contributed by atoms with Crippen molar-refractivity contribution < 1.29 is 29.0 Å². The average molecular weight is 682 g/mol. The van der Waals surface area contributed by atoms with Gasteiger partial charge in [0.15, 0.2) is 13.9 Å². The van der Waals surface area contributed by atoms with Crippen molar-refractivity contribution in [2.75, 3.05) is 30.5 Å². The molecule has 1 fully saturated rings. The van der Waals surface area contributed by atoms with Crippen molar-refractivity contribution in [3.63, 3.8) is 0 Å². The second kappa shape index (κ2) is 13.7. The molecule has 6 rings (SSSR count). The maximum atomic E-state index is 14.5. The zero-order valence-corrected chi connectivity index (χ0v) is 29.2. The number of anilines is 2. The second-order valence-corrected chi connectivity index (χ2v) is 17.3. The van der Waals surface area contributed by atoms with E-state index in [1.807, 2.05) is 68.7 Å². The van der Waals surface area contributed by atoms with Crippen LogP contribution in [0.4, 0.5) is 11.4 Å². The number of nitrogens with zero attached hydrogens (tertiary/aromatic N) is 4. The Balaban J connectivity index is 1.30. The minimum absolute atomic E-state index is 0.105. The second-order valence-electron chi connectivity index (χ2n) is 13.3. The third-order valence-electron chi connectivity index (χ3n) is 9.85. The van der Waals surface area contributed by atoms with Crippen molar-refractivity contribution in [3.05, 3.63) is 114 Å². The summed E-state index contributed by atoms with van der Waals surface area (Å²) in [5.41, 5.74) is 2.27. The number of ether oxygens (including phenoxy) is 2. The van der Waals surface area contributed by atoms with Crippen LogP contribution in [0.1, 0.15) is 46.4 Å². The van der Waals surface area contributed by atoms with Crippen LogP contribution in [0.5, 0.6) is 5.75 Å². The molecular formula is C37H43N5O6Si. The molecule has 0 aliphatic carbocycles. The number of nitrogens with one attached hydrogen (secondary N) is 1. The number of amides is 2. The van der Waals surface area contributed by atoms with Crippen LogP contribution in [-0.4, -0.2) is 71.4 Å². The van der Waals surface area contributed by atoms with Crippen molar-refractivity contribution >= 4 is 31.5 Å². The molecule has 3 aromatic carbocycles. The standard InChI is InChI=1S/C37H43N5O6Si/c1-6-19-42-32-17-14-27(38-35(44)26-12-15-28(47-3)16-13-26)21-30(32)37(36(42)45)24(2)34(49(4,5)46)33(48-37)18-20-41-22-31(39-40-41)29(23-43)25-10-8-7-9-11-25/h6-17,21-22,24,29,33-34,43,46H,1,18-20,23H2,2-5H3,(H,38,44)/t24-,29?,33+,34-,37+/m1/s1. The summed E-state index contributed by atoms with van der Waals surface area (Å²) in [6.45, 7) is 10.2. The molecule has 2 amide bonds. The molecule has 0 radical (unpaired) electrons. The first-order valence-electron chi connectivity index (χ1n) is 16.5. The van der Waals surface area contributed by atoms with E-state index >= 15 is 0 Å². The van der Waals surface area contributed by atoms with Crippen LogP contribution in [0.25, 0.3) is 0 Å². The fourth-order valence-electron chi connectivity index (χ4n) is 7.58. The molecule has 1 aromatic heterocycles. The van der Waals surface area contributed by atoms with Gasteiger partial charge in [-0.15, -0.1) is 11.7 Å². The highest BCUT2D eigenvalue weighted by Gasteiger charge is 2.66. The van der Waals surface area contributed by atoms with Gasteiger partial charge in [0.05, 0.1) is 37.1 Å². The van der Waals surface area contributed by atoms with Gasteiger partial charge in [-0.25, -0.2) is 0 Å². The molecule has 1 spiro atoms. The number of hydrogen-bond donors (Lipinski definition) is 3. The van der Waals surface area contributed by atoms with Crippen LogP contribution in [-0.2, 0) is 21.7 Å². The number of aliphatic hydroxyl groups excluding tert-OH is 1. The lowest BCUT2D eigenvalue weighted by molar-refractivity contribution is -0.145. The minimum atomic E-state index is -2.90. The average Bonchev–Trinajstić information content (AvgIpc) is 3.75. The number of rotatable bonds is 12. The molecule has 256 valence electrons. The monoisotopic (exact) mass is 681 g/mol. The van der Waals surface area contributed by atoms with E-state index in [1.54, 1.807) is 53.1 Å². The molecule has 2 aliphatic heterocycles. The SMILES string of the molecule is C=CCN1C(=O)[C@@]2(O[C@@H](CCn3cc(C(CO)c4ccccc4)nn3)[C@H]([Si](C)(C)O)[C@H]2C)c2cc(NC(=O)c3ccc(OC)cc3)ccc21. The fourth-order valence-corrected chi connectivity index (χ4v) is 10.2. The van der Waals surface area contributed by atoms with Gasteiger partial charge in [0.2, 0.25) is 0 Å². The molecule has 49 heavy (non-hydrogen) atoms. The van der Waals surface area contributed by atoms with E-state index in [0.29, 0.717) is 46.9 Å². The highest BCUT2D eigenvalue weighted by molar-refractivity contribution is 6.71. The predicted molar refractivity (Wildman–Crippen MR) is 189 cm³/mol. The van der Waals surface area contributed by atoms with E-state index < -0.39 is 20.0 Å². The van der Waals surface area contributed by atoms with Crippen molar-refractivity contribution in [2.24, 2.45) is 5.92 Å². The maximum absolute atomic E-state index is 14.5. The van der Waals surface area contributed by atoms with Gasteiger partial charge in [-0.2, -0.15) is 0 Å². The molecule has 2 aliphatic rings. The van der Waals surface area contributed by atoms with E-state index in [2.05, 4.69) is 22.2 Å². The highest BCUT2D eigenvalue weighted by Crippen LogP contribution is 2.60. The van der Waals surface area contributed by atoms with Crippen LogP contribution >= 0.6 is 0 Å². The summed E-state index contributed by atoms with van der Waals surface area (Å²) in [6, 6.07) is 21.9. The number of aromatic nitrogens is 3. The van der Waals surface area contributed by atoms with Gasteiger partial charge in [-0.3, -0.25) is 14.3 Å². The highest BCUT2D eigenvalue weighted by atomic mass is 28.4. The number of benzene rings is 3. The summed E-state index contributed by atoms with van der Waals surface area (Å²) < 4.78 is 13.9. The van der Waals surface area contributed by atoms with Gasteiger partial charge >= 0.3 is 0 Å². The Labute approximate surface area is 287 Å². The van der Waals surface area contributed by atoms with Gasteiger partial charge < -0.3 is 29.6 Å². The Bertz CT molecular complexity index is 1820. The molecule has 3 heterocycles. The molecule has 3 N–H and O–H groups in total. The topological polar surface area (TPSA) is 139 Å². The van der Waals surface area contributed by atoms with E-state index in [9.17, 15) is 19.5 Å². The predicted octanol–water partition coefficient (Wildman–Crippen LogP) is 5.08. The van der Waals surface area contributed by atoms with Gasteiger partial charge in [0.25, 0.3) is 11.8 Å². The first-order valence-corrected chi connectivity index (χ1v) is 19.5. The van der Waals surface area contributed by atoms with Gasteiger partial charge in [0, 0.05) is 47.6 Å². The first-order chi connectivity index (χ1) is 23.5. The van der Waals surface area contributed by atoms with Gasteiger partial charge in [-0.1, -0.05) is 48.5 Å². The lowest BCUT2D eigenvalue weighted by Crippen LogP contribution is -2.46. The van der Waals surface area contributed by atoms with Crippen LogP contribution in [0.15, 0.2) is 91.6 Å². The quantitative estimate of drug-likeness (QED) is 0.139. The number of carbonyl (C=O) groups is 2. The first kappa shape index (κ1) is 34.2. The van der Waals surface area contributed by atoms with Crippen LogP contribution in [0.3, 0.4) is 0 Å². The Morgan fingerprint density at radius 1 is 1.16 bits per heavy atom. The Kier molecular flexibility index (Phi) is 9.58. The Morgan fingerprint density at radius 3 is 2.55 bits per heavy atom. The van der Waals surface area contributed by atoms with Crippen LogP contribution in [0.2, 0.25) is 18.6 Å². The number of methoxy groups -OCH3 is 1. The molecule has 1 saturated heterocycles. The lowest BCUT2D eigenvalue weighted by atomic mass is 9.82. The summed E-state index contributed by atoms with van der Waals surface area (Å²) >= 11 is 0. The maximum Gasteiger partial charge on any atom is 0.264 e. The van der Waals surface area contributed by atoms with Crippen molar-refractivity contribution in [2.45, 2.75) is 56.1 Å². The molecule has 1 unspecified atom stereocenters. The summed E-state index contributed by atoms with van der Waals surface area (Å²) in [7, 11) is -1.33. The zero-order valence-electron chi connectivity index (χ0n) is 28.2. The normalized spacial score (nSPS) is 22.3. The number of aryl methyl sites for hydroxylation is 1. The Morgan fingerprint density at radius 2 is 1.90 bits per heavy atom. The molecule has 12 heteroatoms. The van der Waals surface area contributed by atoms with Crippen LogP contribution < -0.4 is 15.0 Å². The molecule has 4 aromatic rings. The molecule has 5 atom stereocenters. The van der Waals surface area contributed by atoms with Crippen LogP contribution in [0, 0.1) is 5.92 Å². The molecule has 0 saturated carbocycles.